The van der Waals surface area contributed by atoms with Crippen LogP contribution in [-0.4, -0.2) is 15.8 Å². The number of nitrogens with two attached hydrogens (primary N) is 1. The van der Waals surface area contributed by atoms with Crippen molar-refractivity contribution in [2.75, 3.05) is 0 Å². The highest BCUT2D eigenvalue weighted by Gasteiger charge is 2.17. The summed E-state index contributed by atoms with van der Waals surface area (Å²) >= 11 is 6.31. The Morgan fingerprint density at radius 1 is 1.24 bits per heavy atom. The second kappa shape index (κ2) is 6.60. The number of hydrazine groups is 1. The fourth-order valence-corrected chi connectivity index (χ4v) is 2.78. The molecule has 0 spiro atoms. The van der Waals surface area contributed by atoms with Gasteiger partial charge in [0, 0.05) is 19.5 Å². The molecule has 0 aliphatic rings. The molecule has 0 aliphatic heterocycles. The molecule has 0 saturated carbocycles. The number of benzene rings is 1. The van der Waals surface area contributed by atoms with E-state index in [4.69, 9.17) is 17.4 Å². The van der Waals surface area contributed by atoms with E-state index in [1.165, 1.54) is 16.7 Å². The monoisotopic (exact) mass is 306 g/mol. The van der Waals surface area contributed by atoms with Gasteiger partial charge in [0.1, 0.15) is 0 Å². The van der Waals surface area contributed by atoms with Gasteiger partial charge in [0.15, 0.2) is 0 Å². The molecule has 21 heavy (non-hydrogen) atoms. The summed E-state index contributed by atoms with van der Waals surface area (Å²) in [5.74, 6) is 5.72. The van der Waals surface area contributed by atoms with Crippen LogP contribution in [0.15, 0.2) is 18.2 Å². The highest BCUT2D eigenvalue weighted by atomic mass is 35.5. The van der Waals surface area contributed by atoms with Gasteiger partial charge in [-0.25, -0.2) is 0 Å². The van der Waals surface area contributed by atoms with Gasteiger partial charge in [-0.05, 0) is 43.9 Å². The highest BCUT2D eigenvalue weighted by molar-refractivity contribution is 6.31. The van der Waals surface area contributed by atoms with Gasteiger partial charge in [0.2, 0.25) is 0 Å². The summed E-state index contributed by atoms with van der Waals surface area (Å²) in [6, 6.07) is 6.65. The summed E-state index contributed by atoms with van der Waals surface area (Å²) in [5.41, 5.74) is 8.65. The minimum atomic E-state index is 0.124. The average molecular weight is 307 g/mol. The van der Waals surface area contributed by atoms with Crippen LogP contribution in [0.25, 0.3) is 0 Å². The standard InChI is InChI=1S/C16H23ClN4/c1-10-5-6-13(7-11(10)2)8-14(19-18)9-15-16(17)12(3)20-21(15)4/h5-7,14,19H,8-9,18H2,1-4H3. The van der Waals surface area contributed by atoms with Crippen molar-refractivity contribution in [2.45, 2.75) is 39.7 Å². The summed E-state index contributed by atoms with van der Waals surface area (Å²) < 4.78 is 1.84. The second-order valence-corrected chi connectivity index (χ2v) is 6.04. The predicted molar refractivity (Wildman–Crippen MR) is 87.4 cm³/mol. The summed E-state index contributed by atoms with van der Waals surface area (Å²) in [6.07, 6.45) is 1.61. The van der Waals surface area contributed by atoms with Gasteiger partial charge in [-0.1, -0.05) is 29.8 Å². The molecule has 4 nitrogen and oxygen atoms in total. The number of halogens is 1. The van der Waals surface area contributed by atoms with Crippen LogP contribution in [0.3, 0.4) is 0 Å². The van der Waals surface area contributed by atoms with E-state index in [-0.39, 0.29) is 6.04 Å². The Labute approximate surface area is 131 Å². The maximum atomic E-state index is 6.31. The quantitative estimate of drug-likeness (QED) is 0.659. The number of rotatable bonds is 5. The molecule has 1 heterocycles. The molecule has 3 N–H and O–H groups in total. The topological polar surface area (TPSA) is 55.9 Å². The molecule has 1 unspecified atom stereocenters. The molecular formula is C16H23ClN4. The van der Waals surface area contributed by atoms with Gasteiger partial charge in [0.05, 0.1) is 16.4 Å². The molecule has 2 rings (SSSR count). The fraction of sp³-hybridized carbons (Fsp3) is 0.438. The van der Waals surface area contributed by atoms with Crippen LogP contribution in [0, 0.1) is 20.8 Å². The van der Waals surface area contributed by atoms with Gasteiger partial charge >= 0.3 is 0 Å². The maximum Gasteiger partial charge on any atom is 0.0847 e. The molecule has 1 atom stereocenters. The number of aryl methyl sites for hydroxylation is 4. The largest absolute Gasteiger partial charge is 0.271 e. The first-order valence-corrected chi connectivity index (χ1v) is 7.50. The average Bonchev–Trinajstić information content (AvgIpc) is 2.68. The minimum Gasteiger partial charge on any atom is -0.271 e. The van der Waals surface area contributed by atoms with Gasteiger partial charge in [-0.15, -0.1) is 0 Å². The van der Waals surface area contributed by atoms with Crippen molar-refractivity contribution in [2.24, 2.45) is 12.9 Å². The zero-order valence-electron chi connectivity index (χ0n) is 13.1. The van der Waals surface area contributed by atoms with Crippen LogP contribution in [0.5, 0.6) is 0 Å². The number of hydrogen-bond acceptors (Lipinski definition) is 3. The number of nitrogens with zero attached hydrogens (tertiary/aromatic N) is 2. The van der Waals surface area contributed by atoms with Crippen molar-refractivity contribution >= 4 is 11.6 Å². The molecule has 0 amide bonds. The van der Waals surface area contributed by atoms with E-state index in [1.54, 1.807) is 0 Å². The number of aromatic nitrogens is 2. The van der Waals surface area contributed by atoms with Crippen LogP contribution in [0.2, 0.25) is 5.02 Å². The van der Waals surface area contributed by atoms with E-state index in [1.807, 2.05) is 18.7 Å². The van der Waals surface area contributed by atoms with Crippen molar-refractivity contribution in [3.05, 3.63) is 51.3 Å². The molecule has 0 bridgehead atoms. The molecule has 0 saturated heterocycles. The Kier molecular flexibility index (Phi) is 5.04. The van der Waals surface area contributed by atoms with E-state index in [9.17, 15) is 0 Å². The lowest BCUT2D eigenvalue weighted by Crippen LogP contribution is -2.39. The second-order valence-electron chi connectivity index (χ2n) is 5.66. The minimum absolute atomic E-state index is 0.124. The SMILES string of the molecule is Cc1ccc(CC(Cc2c(Cl)c(C)nn2C)NN)cc1C. The molecule has 0 aliphatic carbocycles. The number of nitrogens with one attached hydrogen (secondary N) is 1. The first kappa shape index (κ1) is 16.0. The van der Waals surface area contributed by atoms with Gasteiger partial charge in [0.25, 0.3) is 0 Å². The van der Waals surface area contributed by atoms with E-state index < -0.39 is 0 Å². The van der Waals surface area contributed by atoms with Crippen LogP contribution in [-0.2, 0) is 19.9 Å². The van der Waals surface area contributed by atoms with Gasteiger partial charge in [-0.2, -0.15) is 5.10 Å². The summed E-state index contributed by atoms with van der Waals surface area (Å²) in [5, 5.41) is 5.08. The molecule has 0 radical (unpaired) electrons. The van der Waals surface area contributed by atoms with Crippen LogP contribution < -0.4 is 11.3 Å². The maximum absolute atomic E-state index is 6.31. The third-order valence-electron chi connectivity index (χ3n) is 3.99. The fourth-order valence-electron chi connectivity index (χ4n) is 2.54. The van der Waals surface area contributed by atoms with E-state index in [2.05, 4.69) is 42.6 Å². The first-order valence-electron chi connectivity index (χ1n) is 7.12. The molecule has 0 fully saturated rings. The van der Waals surface area contributed by atoms with Crippen LogP contribution >= 0.6 is 11.6 Å². The van der Waals surface area contributed by atoms with Crippen molar-refractivity contribution in [1.82, 2.24) is 15.2 Å². The highest BCUT2D eigenvalue weighted by Crippen LogP contribution is 2.21. The Morgan fingerprint density at radius 3 is 2.48 bits per heavy atom. The van der Waals surface area contributed by atoms with Crippen molar-refractivity contribution in [3.8, 4) is 0 Å². The molecule has 5 heteroatoms. The Hall–Kier alpha value is -1.36. The molecular weight excluding hydrogens is 284 g/mol. The predicted octanol–water partition coefficient (Wildman–Crippen LogP) is 2.62. The number of hydrogen-bond donors (Lipinski definition) is 2. The Morgan fingerprint density at radius 2 is 1.95 bits per heavy atom. The summed E-state index contributed by atoms with van der Waals surface area (Å²) in [7, 11) is 1.91. The summed E-state index contributed by atoms with van der Waals surface area (Å²) in [4.78, 5) is 0. The molecule has 1 aromatic carbocycles. The Bertz CT molecular complexity index is 633. The van der Waals surface area contributed by atoms with Crippen molar-refractivity contribution in [3.63, 3.8) is 0 Å². The molecule has 2 aromatic rings. The van der Waals surface area contributed by atoms with Crippen LogP contribution in [0.1, 0.15) is 28.1 Å². The van der Waals surface area contributed by atoms with Gasteiger partial charge < -0.3 is 0 Å². The molecule has 1 aromatic heterocycles. The van der Waals surface area contributed by atoms with Crippen LogP contribution in [0.4, 0.5) is 0 Å². The third-order valence-corrected chi connectivity index (χ3v) is 4.48. The normalized spacial score (nSPS) is 12.7. The van der Waals surface area contributed by atoms with Crippen molar-refractivity contribution in [1.29, 1.82) is 0 Å². The van der Waals surface area contributed by atoms with E-state index >= 15 is 0 Å². The smallest absolute Gasteiger partial charge is 0.0847 e. The first-order chi connectivity index (χ1) is 9.92. The lowest BCUT2D eigenvalue weighted by molar-refractivity contribution is 0.505. The Balaban J connectivity index is 2.14. The van der Waals surface area contributed by atoms with E-state index in [0.29, 0.717) is 0 Å². The molecule has 114 valence electrons. The lowest BCUT2D eigenvalue weighted by atomic mass is 9.98. The zero-order valence-corrected chi connectivity index (χ0v) is 13.8. The van der Waals surface area contributed by atoms with Gasteiger partial charge in [-0.3, -0.25) is 16.0 Å². The third kappa shape index (κ3) is 3.64. The summed E-state index contributed by atoms with van der Waals surface area (Å²) in [6.45, 7) is 6.17. The van der Waals surface area contributed by atoms with E-state index in [0.717, 1.165) is 29.3 Å². The zero-order chi connectivity index (χ0) is 15.6. The van der Waals surface area contributed by atoms with Crippen molar-refractivity contribution < 1.29 is 0 Å². The lowest BCUT2D eigenvalue weighted by Gasteiger charge is -2.17.